The molecule has 0 radical (unpaired) electrons. The molecule has 2 atom stereocenters. The van der Waals surface area contributed by atoms with Crippen molar-refractivity contribution in [2.24, 2.45) is 0 Å². The minimum atomic E-state index is -1.29. The van der Waals surface area contributed by atoms with Crippen molar-refractivity contribution in [3.8, 4) is 0 Å². The molecule has 4 heteroatoms. The van der Waals surface area contributed by atoms with Crippen LogP contribution in [0.1, 0.15) is 50.2 Å². The average molecular weight is 372 g/mol. The van der Waals surface area contributed by atoms with E-state index < -0.39 is 11.0 Å². The summed E-state index contributed by atoms with van der Waals surface area (Å²) in [4.78, 5) is 13.2. The highest BCUT2D eigenvalue weighted by Gasteiger charge is 2.17. The Kier molecular flexibility index (Phi) is 8.72. The molecule has 0 amide bonds. The van der Waals surface area contributed by atoms with Gasteiger partial charge in [0.1, 0.15) is 16.8 Å². The van der Waals surface area contributed by atoms with E-state index in [0.29, 0.717) is 12.8 Å². The van der Waals surface area contributed by atoms with Gasteiger partial charge in [-0.2, -0.15) is 0 Å². The van der Waals surface area contributed by atoms with E-state index in [2.05, 4.69) is 11.6 Å². The topological polar surface area (TPSA) is 46.2 Å². The molecule has 0 spiro atoms. The summed E-state index contributed by atoms with van der Waals surface area (Å²) >= 11 is 0. The van der Waals surface area contributed by atoms with Crippen molar-refractivity contribution < 1.29 is 9.00 Å². The Morgan fingerprint density at radius 1 is 1.04 bits per heavy atom. The molecule has 3 nitrogen and oxygen atoms in total. The highest BCUT2D eigenvalue weighted by Crippen LogP contribution is 2.13. The number of unbranched alkanes of at least 4 members (excludes halogenated alkanes) is 2. The van der Waals surface area contributed by atoms with Crippen LogP contribution in [0.2, 0.25) is 0 Å². The number of hydrogen-bond acceptors (Lipinski definition) is 2. The summed E-state index contributed by atoms with van der Waals surface area (Å²) in [5, 5.41) is 0. The molecule has 0 aliphatic carbocycles. The molecular formula is C22H29NO2S. The molecule has 140 valence electrons. The Balaban J connectivity index is 1.96. The quantitative estimate of drug-likeness (QED) is 0.579. The van der Waals surface area contributed by atoms with Gasteiger partial charge in [-0.15, -0.1) is 0 Å². The van der Waals surface area contributed by atoms with Crippen molar-refractivity contribution in [2.75, 3.05) is 0 Å². The van der Waals surface area contributed by atoms with Crippen LogP contribution in [-0.2, 0) is 22.2 Å². The molecule has 1 N–H and O–H groups in total. The fourth-order valence-electron chi connectivity index (χ4n) is 2.90. The van der Waals surface area contributed by atoms with E-state index >= 15 is 0 Å². The van der Waals surface area contributed by atoms with Crippen LogP contribution >= 0.6 is 0 Å². The molecule has 0 aliphatic rings. The zero-order valence-electron chi connectivity index (χ0n) is 15.7. The molecular weight excluding hydrogens is 342 g/mol. The molecule has 0 bridgehead atoms. The minimum Gasteiger partial charge on any atom is -0.299 e. The molecule has 0 aliphatic heterocycles. The summed E-state index contributed by atoms with van der Waals surface area (Å²) in [6.45, 7) is 4.17. The lowest BCUT2D eigenvalue weighted by Gasteiger charge is -2.18. The van der Waals surface area contributed by atoms with Gasteiger partial charge >= 0.3 is 0 Å². The second-order valence-electron chi connectivity index (χ2n) is 6.80. The molecule has 0 saturated heterocycles. The number of ketones is 1. The van der Waals surface area contributed by atoms with Crippen LogP contribution in [-0.4, -0.2) is 16.0 Å². The smallest absolute Gasteiger partial charge is 0.138 e. The second kappa shape index (κ2) is 11.0. The number of aryl methyl sites for hydroxylation is 1. The largest absolute Gasteiger partial charge is 0.299 e. The number of rotatable bonds is 11. The lowest BCUT2D eigenvalue weighted by molar-refractivity contribution is -0.118. The van der Waals surface area contributed by atoms with Gasteiger partial charge in [0.05, 0.1) is 4.90 Å². The van der Waals surface area contributed by atoms with Crippen LogP contribution in [0.3, 0.4) is 0 Å². The van der Waals surface area contributed by atoms with Gasteiger partial charge in [0.2, 0.25) is 0 Å². The Labute approximate surface area is 159 Å². The predicted octanol–water partition coefficient (Wildman–Crippen LogP) is 4.76. The van der Waals surface area contributed by atoms with E-state index in [9.17, 15) is 9.00 Å². The normalized spacial score (nSPS) is 13.3. The highest BCUT2D eigenvalue weighted by atomic mass is 32.2. The molecule has 0 aromatic heterocycles. The average Bonchev–Trinajstić information content (AvgIpc) is 2.63. The Morgan fingerprint density at radius 3 is 2.38 bits per heavy atom. The van der Waals surface area contributed by atoms with Gasteiger partial charge < -0.3 is 0 Å². The fraction of sp³-hybridized carbons (Fsp3) is 0.409. The van der Waals surface area contributed by atoms with E-state index in [1.165, 1.54) is 0 Å². The lowest BCUT2D eigenvalue weighted by atomic mass is 10.00. The predicted molar refractivity (Wildman–Crippen MR) is 108 cm³/mol. The third-order valence-corrected chi connectivity index (χ3v) is 5.63. The Morgan fingerprint density at radius 2 is 1.73 bits per heavy atom. The van der Waals surface area contributed by atoms with Crippen LogP contribution < -0.4 is 4.72 Å². The van der Waals surface area contributed by atoms with E-state index in [1.807, 2.05) is 61.5 Å². The summed E-state index contributed by atoms with van der Waals surface area (Å²) < 4.78 is 15.8. The number of nitrogens with one attached hydrogen (secondary N) is 1. The summed E-state index contributed by atoms with van der Waals surface area (Å²) in [5.74, 6) is 0.186. The molecule has 1 unspecified atom stereocenters. The molecule has 0 heterocycles. The van der Waals surface area contributed by atoms with Crippen LogP contribution in [0.4, 0.5) is 0 Å². The second-order valence-corrected chi connectivity index (χ2v) is 8.04. The Hall–Kier alpha value is -1.78. The zero-order valence-corrected chi connectivity index (χ0v) is 16.6. The summed E-state index contributed by atoms with van der Waals surface area (Å²) in [6.07, 6.45) is 5.01. The molecule has 2 aromatic rings. The number of carbonyl (C=O) groups excluding carboxylic acids is 1. The van der Waals surface area contributed by atoms with E-state index in [4.69, 9.17) is 0 Å². The first-order valence-corrected chi connectivity index (χ1v) is 10.5. The van der Waals surface area contributed by atoms with Crippen molar-refractivity contribution in [1.82, 2.24) is 4.72 Å². The highest BCUT2D eigenvalue weighted by molar-refractivity contribution is 7.83. The maximum absolute atomic E-state index is 12.6. The summed E-state index contributed by atoms with van der Waals surface area (Å²) in [6, 6.07) is 17.4. The maximum atomic E-state index is 12.6. The number of carbonyl (C=O) groups is 1. The molecule has 0 fully saturated rings. The zero-order chi connectivity index (χ0) is 18.8. The van der Waals surface area contributed by atoms with Crippen molar-refractivity contribution in [2.45, 2.75) is 63.3 Å². The molecule has 0 saturated carbocycles. The fourth-order valence-corrected chi connectivity index (χ4v) is 3.92. The summed E-state index contributed by atoms with van der Waals surface area (Å²) in [5.41, 5.74) is 2.17. The number of hydrogen-bond donors (Lipinski definition) is 1. The van der Waals surface area contributed by atoms with Crippen molar-refractivity contribution in [1.29, 1.82) is 0 Å². The van der Waals surface area contributed by atoms with Gasteiger partial charge in [0, 0.05) is 18.9 Å². The molecule has 26 heavy (non-hydrogen) atoms. The van der Waals surface area contributed by atoms with Crippen LogP contribution in [0.15, 0.2) is 59.5 Å². The van der Waals surface area contributed by atoms with Gasteiger partial charge in [-0.3, -0.25) is 4.79 Å². The monoisotopic (exact) mass is 371 g/mol. The first-order valence-electron chi connectivity index (χ1n) is 9.38. The third-order valence-electron chi connectivity index (χ3n) is 4.38. The van der Waals surface area contributed by atoms with Gasteiger partial charge in [0.15, 0.2) is 0 Å². The van der Waals surface area contributed by atoms with Gasteiger partial charge in [-0.25, -0.2) is 8.93 Å². The van der Waals surface area contributed by atoms with Crippen LogP contribution in [0.25, 0.3) is 0 Å². The van der Waals surface area contributed by atoms with Crippen LogP contribution in [0, 0.1) is 6.92 Å². The minimum absolute atomic E-state index is 0.0556. The lowest BCUT2D eigenvalue weighted by Crippen LogP contribution is -2.33. The van der Waals surface area contributed by atoms with Gasteiger partial charge in [0.25, 0.3) is 0 Å². The Bertz CT molecular complexity index is 698. The molecule has 2 aromatic carbocycles. The maximum Gasteiger partial charge on any atom is 0.138 e. The van der Waals surface area contributed by atoms with Crippen molar-refractivity contribution >= 4 is 16.8 Å². The standard InChI is InChI=1S/C22H29NO2S/c1-3-4-6-11-20(17-21(24)16-19-9-7-5-8-10-19)23-26(25)22-14-12-18(2)13-15-22/h5,7-10,12-15,20,23H,3-4,6,11,16-17H2,1-2H3/t20-,26?/m0/s1. The molecule has 2 rings (SSSR count). The van der Waals surface area contributed by atoms with Crippen LogP contribution in [0.5, 0.6) is 0 Å². The first-order chi connectivity index (χ1) is 12.6. The van der Waals surface area contributed by atoms with E-state index in [-0.39, 0.29) is 11.8 Å². The third kappa shape index (κ3) is 7.22. The van der Waals surface area contributed by atoms with Gasteiger partial charge in [-0.1, -0.05) is 74.2 Å². The number of benzene rings is 2. The first kappa shape index (κ1) is 20.5. The summed E-state index contributed by atoms with van der Waals surface area (Å²) in [7, 11) is -1.29. The van der Waals surface area contributed by atoms with Crippen molar-refractivity contribution in [3.05, 3.63) is 65.7 Å². The van der Waals surface area contributed by atoms with Crippen molar-refractivity contribution in [3.63, 3.8) is 0 Å². The van der Waals surface area contributed by atoms with Gasteiger partial charge in [-0.05, 0) is 31.0 Å². The van der Waals surface area contributed by atoms with E-state index in [1.54, 1.807) is 0 Å². The number of Topliss-reactive ketones (excluding diaryl/α,β-unsaturated/α-hetero) is 1. The van der Waals surface area contributed by atoms with E-state index in [0.717, 1.165) is 41.7 Å². The SMILES string of the molecule is CCCCC[C@@H](CC(=O)Cc1ccccc1)NS(=O)c1ccc(C)cc1.